The van der Waals surface area contributed by atoms with E-state index in [4.69, 9.17) is 4.98 Å². The Labute approximate surface area is 192 Å². The molecule has 1 fully saturated rings. The topological polar surface area (TPSA) is 57.3 Å². The molecule has 1 aliphatic carbocycles. The van der Waals surface area contributed by atoms with Gasteiger partial charge in [0.25, 0.3) is 5.91 Å². The number of carbonyl (C=O) groups is 1. The van der Waals surface area contributed by atoms with Crippen molar-refractivity contribution >= 4 is 44.2 Å². The van der Waals surface area contributed by atoms with Gasteiger partial charge in [0.05, 0.1) is 5.52 Å². The lowest BCUT2D eigenvalue weighted by Gasteiger charge is -2.30. The van der Waals surface area contributed by atoms with Gasteiger partial charge in [-0.1, -0.05) is 34.1 Å². The number of aromatic nitrogens is 1. The lowest BCUT2D eigenvalue weighted by atomic mass is 9.86. The number of halogens is 1. The van der Waals surface area contributed by atoms with Gasteiger partial charge in [0.2, 0.25) is 0 Å². The summed E-state index contributed by atoms with van der Waals surface area (Å²) in [5.41, 5.74) is 2.90. The number of amides is 1. The van der Waals surface area contributed by atoms with Crippen LogP contribution in [0.2, 0.25) is 0 Å². The molecule has 1 heterocycles. The van der Waals surface area contributed by atoms with Crippen molar-refractivity contribution in [2.24, 2.45) is 5.92 Å². The maximum Gasteiger partial charge on any atom is 0.251 e. The van der Waals surface area contributed by atoms with E-state index < -0.39 is 0 Å². The van der Waals surface area contributed by atoms with E-state index in [1.807, 2.05) is 30.3 Å². The van der Waals surface area contributed by atoms with Crippen LogP contribution < -0.4 is 15.5 Å². The van der Waals surface area contributed by atoms with E-state index in [0.29, 0.717) is 17.5 Å². The number of pyridine rings is 1. The largest absolute Gasteiger partial charge is 0.377 e. The predicted octanol–water partition coefficient (Wildman–Crippen LogP) is 5.46. The maximum atomic E-state index is 12.3. The molecule has 1 saturated carbocycles. The van der Waals surface area contributed by atoms with Crippen LogP contribution in [0.3, 0.4) is 0 Å². The maximum absolute atomic E-state index is 12.3. The van der Waals surface area contributed by atoms with Crippen molar-refractivity contribution in [3.8, 4) is 0 Å². The fourth-order valence-electron chi connectivity index (χ4n) is 4.26. The zero-order valence-corrected chi connectivity index (χ0v) is 19.7. The Kier molecular flexibility index (Phi) is 6.76. The van der Waals surface area contributed by atoms with Crippen LogP contribution in [0.4, 0.5) is 11.5 Å². The number of carbonyl (C=O) groups excluding carboxylic acids is 1. The SMILES string of the molecule is CN(C)c1cc(NC2CCC(CNC(=O)c3ccc(Br)cc3)CC2)nc2ccccc12. The molecule has 31 heavy (non-hydrogen) atoms. The summed E-state index contributed by atoms with van der Waals surface area (Å²) in [4.78, 5) is 19.3. The number of rotatable bonds is 6. The van der Waals surface area contributed by atoms with E-state index in [2.05, 4.69) is 69.8 Å². The van der Waals surface area contributed by atoms with Crippen LogP contribution in [0.25, 0.3) is 10.9 Å². The van der Waals surface area contributed by atoms with Gasteiger partial charge < -0.3 is 15.5 Å². The molecule has 0 saturated heterocycles. The summed E-state index contributed by atoms with van der Waals surface area (Å²) in [6.45, 7) is 0.737. The van der Waals surface area contributed by atoms with Crippen molar-refractivity contribution in [2.75, 3.05) is 30.9 Å². The molecule has 0 spiro atoms. The molecule has 0 radical (unpaired) electrons. The fraction of sp³-hybridized carbons (Fsp3) is 0.360. The molecule has 0 bridgehead atoms. The van der Waals surface area contributed by atoms with E-state index >= 15 is 0 Å². The summed E-state index contributed by atoms with van der Waals surface area (Å²) < 4.78 is 0.980. The van der Waals surface area contributed by atoms with Crippen molar-refractivity contribution in [3.05, 3.63) is 64.6 Å². The molecule has 6 heteroatoms. The van der Waals surface area contributed by atoms with Gasteiger partial charge in [0, 0.05) is 53.9 Å². The highest BCUT2D eigenvalue weighted by molar-refractivity contribution is 9.10. The number of hydrogen-bond acceptors (Lipinski definition) is 4. The number of anilines is 2. The molecule has 5 nitrogen and oxygen atoms in total. The first-order valence-electron chi connectivity index (χ1n) is 10.9. The van der Waals surface area contributed by atoms with Gasteiger partial charge in [0.1, 0.15) is 5.82 Å². The normalized spacial score (nSPS) is 18.5. The highest BCUT2D eigenvalue weighted by Crippen LogP contribution is 2.30. The first-order chi connectivity index (χ1) is 15.0. The summed E-state index contributed by atoms with van der Waals surface area (Å²) in [5, 5.41) is 7.93. The molecule has 2 aromatic carbocycles. The Hall–Kier alpha value is -2.60. The molecule has 1 aliphatic rings. The Morgan fingerprint density at radius 1 is 1.06 bits per heavy atom. The van der Waals surface area contributed by atoms with Crippen molar-refractivity contribution in [1.82, 2.24) is 10.3 Å². The van der Waals surface area contributed by atoms with Crippen LogP contribution in [0.5, 0.6) is 0 Å². The number of nitrogens with one attached hydrogen (secondary N) is 2. The second-order valence-corrected chi connectivity index (χ2v) is 9.43. The smallest absolute Gasteiger partial charge is 0.251 e. The molecule has 162 valence electrons. The molecule has 3 aromatic rings. The van der Waals surface area contributed by atoms with Crippen molar-refractivity contribution in [1.29, 1.82) is 0 Å². The average Bonchev–Trinajstić information content (AvgIpc) is 2.78. The molecule has 4 rings (SSSR count). The summed E-state index contributed by atoms with van der Waals surface area (Å²) in [6.07, 6.45) is 4.38. The van der Waals surface area contributed by atoms with Gasteiger partial charge in [-0.15, -0.1) is 0 Å². The van der Waals surface area contributed by atoms with E-state index in [1.165, 1.54) is 11.1 Å². The first-order valence-corrected chi connectivity index (χ1v) is 11.7. The van der Waals surface area contributed by atoms with Gasteiger partial charge in [-0.2, -0.15) is 0 Å². The number of para-hydroxylation sites is 1. The quantitative estimate of drug-likeness (QED) is 0.491. The third kappa shape index (κ3) is 5.37. The number of fused-ring (bicyclic) bond motifs is 1. The first kappa shape index (κ1) is 21.6. The Bertz CT molecular complexity index is 1040. The van der Waals surface area contributed by atoms with Gasteiger partial charge in [-0.25, -0.2) is 4.98 Å². The lowest BCUT2D eigenvalue weighted by Crippen LogP contribution is -2.34. The summed E-state index contributed by atoms with van der Waals surface area (Å²) in [5.74, 6) is 1.47. The fourth-order valence-corrected chi connectivity index (χ4v) is 4.53. The number of hydrogen-bond donors (Lipinski definition) is 2. The molecular weight excluding hydrogens is 452 g/mol. The van der Waals surface area contributed by atoms with Gasteiger partial charge in [-0.3, -0.25) is 4.79 Å². The summed E-state index contributed by atoms with van der Waals surface area (Å²) >= 11 is 3.40. The van der Waals surface area contributed by atoms with Gasteiger partial charge >= 0.3 is 0 Å². The summed E-state index contributed by atoms with van der Waals surface area (Å²) in [7, 11) is 4.14. The Balaban J connectivity index is 1.31. The van der Waals surface area contributed by atoms with Crippen LogP contribution in [0.1, 0.15) is 36.0 Å². The van der Waals surface area contributed by atoms with Crippen LogP contribution in [-0.4, -0.2) is 37.6 Å². The molecule has 1 aromatic heterocycles. The molecule has 0 atom stereocenters. The van der Waals surface area contributed by atoms with Crippen molar-refractivity contribution < 1.29 is 4.79 Å². The third-order valence-corrected chi connectivity index (χ3v) is 6.56. The van der Waals surface area contributed by atoms with E-state index in [1.54, 1.807) is 0 Å². The molecular formula is C25H29BrN4O. The van der Waals surface area contributed by atoms with E-state index in [-0.39, 0.29) is 5.91 Å². The van der Waals surface area contributed by atoms with Crippen LogP contribution in [0.15, 0.2) is 59.1 Å². The number of nitrogens with zero attached hydrogens (tertiary/aromatic N) is 2. The van der Waals surface area contributed by atoms with Crippen molar-refractivity contribution in [2.45, 2.75) is 31.7 Å². The second-order valence-electron chi connectivity index (χ2n) is 8.52. The standard InChI is InChI=1S/C25H29BrN4O/c1-30(2)23-15-24(29-22-6-4-3-5-21(22)23)28-20-13-7-17(8-14-20)16-27-25(31)18-9-11-19(26)12-10-18/h3-6,9-12,15,17,20H,7-8,13-14,16H2,1-2H3,(H,27,31)(H,28,29). The van der Waals surface area contributed by atoms with Crippen LogP contribution >= 0.6 is 15.9 Å². The monoisotopic (exact) mass is 480 g/mol. The molecule has 2 N–H and O–H groups in total. The zero-order chi connectivity index (χ0) is 21.8. The molecule has 0 aliphatic heterocycles. The van der Waals surface area contributed by atoms with Gasteiger partial charge in [-0.05, 0) is 61.9 Å². The lowest BCUT2D eigenvalue weighted by molar-refractivity contribution is 0.0943. The highest BCUT2D eigenvalue weighted by Gasteiger charge is 2.22. The second kappa shape index (κ2) is 9.69. The highest BCUT2D eigenvalue weighted by atomic mass is 79.9. The van der Waals surface area contributed by atoms with Crippen molar-refractivity contribution in [3.63, 3.8) is 0 Å². The minimum atomic E-state index is 0.00401. The molecule has 0 unspecified atom stereocenters. The summed E-state index contributed by atoms with van der Waals surface area (Å²) in [6, 6.07) is 18.3. The zero-order valence-electron chi connectivity index (χ0n) is 18.1. The third-order valence-electron chi connectivity index (χ3n) is 6.03. The van der Waals surface area contributed by atoms with E-state index in [9.17, 15) is 4.79 Å². The predicted molar refractivity (Wildman–Crippen MR) is 132 cm³/mol. The number of benzene rings is 2. The van der Waals surface area contributed by atoms with E-state index in [0.717, 1.165) is 48.0 Å². The van der Waals surface area contributed by atoms with Crippen LogP contribution in [-0.2, 0) is 0 Å². The average molecular weight is 481 g/mol. The molecule has 1 amide bonds. The van der Waals surface area contributed by atoms with Gasteiger partial charge in [0.15, 0.2) is 0 Å². The Morgan fingerprint density at radius 3 is 2.48 bits per heavy atom. The Morgan fingerprint density at radius 2 is 1.77 bits per heavy atom. The van der Waals surface area contributed by atoms with Crippen LogP contribution in [0, 0.1) is 5.92 Å². The minimum Gasteiger partial charge on any atom is -0.377 e. The minimum absolute atomic E-state index is 0.00401.